The lowest BCUT2D eigenvalue weighted by Crippen LogP contribution is -2.51. The summed E-state index contributed by atoms with van der Waals surface area (Å²) >= 11 is 0. The van der Waals surface area contributed by atoms with Crippen LogP contribution in [0.2, 0.25) is 0 Å². The number of amides is 1. The summed E-state index contributed by atoms with van der Waals surface area (Å²) in [5.41, 5.74) is 2.16. The minimum absolute atomic E-state index is 0.0165. The zero-order chi connectivity index (χ0) is 14.5. The average Bonchev–Trinajstić information content (AvgIpc) is 2.46. The number of nitrogens with one attached hydrogen (secondary N) is 1. The summed E-state index contributed by atoms with van der Waals surface area (Å²) in [5, 5.41) is 3.35. The van der Waals surface area contributed by atoms with Gasteiger partial charge < -0.3 is 15.1 Å². The van der Waals surface area contributed by atoms with Gasteiger partial charge in [0.15, 0.2) is 0 Å². The van der Waals surface area contributed by atoms with Gasteiger partial charge in [-0.15, -0.1) is 0 Å². The number of benzene rings is 1. The number of carbonyl (C=O) groups is 1. The van der Waals surface area contributed by atoms with Gasteiger partial charge in [-0.3, -0.25) is 4.79 Å². The van der Waals surface area contributed by atoms with Crippen molar-refractivity contribution >= 4 is 17.3 Å². The molecule has 1 saturated heterocycles. The molecule has 1 aromatic carbocycles. The fourth-order valence-electron chi connectivity index (χ4n) is 2.57. The first kappa shape index (κ1) is 14.9. The maximum atomic E-state index is 12.5. The standard InChI is InChI=1S/C16H25N3O/c1-4-11-17-15-6-5-12-19(16(15)20)14-9-7-13(8-10-14)18(2)3/h7-10,15,17H,4-6,11-12H2,1-3H3. The van der Waals surface area contributed by atoms with Crippen molar-refractivity contribution in [1.29, 1.82) is 0 Å². The Bertz CT molecular complexity index is 442. The number of hydrogen-bond acceptors (Lipinski definition) is 3. The number of rotatable bonds is 5. The fraction of sp³-hybridized carbons (Fsp3) is 0.562. The van der Waals surface area contributed by atoms with E-state index in [-0.39, 0.29) is 11.9 Å². The Hall–Kier alpha value is -1.55. The van der Waals surface area contributed by atoms with Gasteiger partial charge in [0.1, 0.15) is 0 Å². The predicted octanol–water partition coefficient (Wildman–Crippen LogP) is 2.25. The number of hydrogen-bond donors (Lipinski definition) is 1. The van der Waals surface area contributed by atoms with Crippen LogP contribution in [0, 0.1) is 0 Å². The largest absolute Gasteiger partial charge is 0.378 e. The van der Waals surface area contributed by atoms with Crippen LogP contribution in [0.1, 0.15) is 26.2 Å². The zero-order valence-corrected chi connectivity index (χ0v) is 12.7. The molecule has 0 bridgehead atoms. The van der Waals surface area contributed by atoms with Gasteiger partial charge in [-0.25, -0.2) is 0 Å². The monoisotopic (exact) mass is 275 g/mol. The molecule has 1 heterocycles. The lowest BCUT2D eigenvalue weighted by atomic mass is 10.0. The molecule has 2 rings (SSSR count). The second-order valence-corrected chi connectivity index (χ2v) is 5.55. The van der Waals surface area contributed by atoms with Gasteiger partial charge in [0.05, 0.1) is 6.04 Å². The van der Waals surface area contributed by atoms with Crippen LogP contribution in [0.4, 0.5) is 11.4 Å². The molecule has 0 radical (unpaired) electrons. The Kier molecular flexibility index (Phi) is 5.01. The number of anilines is 2. The first-order valence-electron chi connectivity index (χ1n) is 7.45. The molecule has 0 saturated carbocycles. The quantitative estimate of drug-likeness (QED) is 0.895. The Labute approximate surface area is 121 Å². The molecule has 110 valence electrons. The third kappa shape index (κ3) is 3.31. The summed E-state index contributed by atoms with van der Waals surface area (Å²) in [7, 11) is 4.04. The van der Waals surface area contributed by atoms with Crippen LogP contribution in [0.5, 0.6) is 0 Å². The highest BCUT2D eigenvalue weighted by atomic mass is 16.2. The van der Waals surface area contributed by atoms with Gasteiger partial charge in [-0.2, -0.15) is 0 Å². The van der Waals surface area contributed by atoms with E-state index in [4.69, 9.17) is 0 Å². The summed E-state index contributed by atoms with van der Waals surface area (Å²) < 4.78 is 0. The Morgan fingerprint density at radius 1 is 1.30 bits per heavy atom. The fourth-order valence-corrected chi connectivity index (χ4v) is 2.57. The number of piperidine rings is 1. The molecule has 1 aliphatic heterocycles. The highest BCUT2D eigenvalue weighted by Crippen LogP contribution is 2.23. The van der Waals surface area contributed by atoms with Crippen LogP contribution in [0.3, 0.4) is 0 Å². The van der Waals surface area contributed by atoms with Gasteiger partial charge in [0.25, 0.3) is 0 Å². The molecule has 1 fully saturated rings. The van der Waals surface area contributed by atoms with E-state index in [1.807, 2.05) is 31.1 Å². The maximum Gasteiger partial charge on any atom is 0.244 e. The number of nitrogens with zero attached hydrogens (tertiary/aromatic N) is 2. The average molecular weight is 275 g/mol. The molecule has 0 spiro atoms. The summed E-state index contributed by atoms with van der Waals surface area (Å²) in [4.78, 5) is 16.5. The molecule has 4 nitrogen and oxygen atoms in total. The third-order valence-corrected chi connectivity index (χ3v) is 3.76. The topological polar surface area (TPSA) is 35.6 Å². The van der Waals surface area contributed by atoms with Gasteiger partial charge in [-0.1, -0.05) is 6.92 Å². The molecule has 1 aliphatic rings. The molecule has 0 aromatic heterocycles. The van der Waals surface area contributed by atoms with E-state index in [9.17, 15) is 4.79 Å². The van der Waals surface area contributed by atoms with Crippen LogP contribution in [0.25, 0.3) is 0 Å². The van der Waals surface area contributed by atoms with Crippen molar-refractivity contribution in [2.24, 2.45) is 0 Å². The molecule has 0 aliphatic carbocycles. The van der Waals surface area contributed by atoms with E-state index >= 15 is 0 Å². The van der Waals surface area contributed by atoms with E-state index in [2.05, 4.69) is 29.3 Å². The minimum atomic E-state index is -0.0165. The lowest BCUT2D eigenvalue weighted by molar-refractivity contribution is -0.121. The van der Waals surface area contributed by atoms with Gasteiger partial charge in [-0.05, 0) is 50.1 Å². The van der Waals surface area contributed by atoms with E-state index in [0.717, 1.165) is 43.7 Å². The second kappa shape index (κ2) is 6.75. The minimum Gasteiger partial charge on any atom is -0.378 e. The van der Waals surface area contributed by atoms with E-state index in [1.54, 1.807) is 0 Å². The first-order chi connectivity index (χ1) is 9.63. The van der Waals surface area contributed by atoms with Crippen molar-refractivity contribution in [3.63, 3.8) is 0 Å². The maximum absolute atomic E-state index is 12.5. The van der Waals surface area contributed by atoms with Crippen LogP contribution in [-0.4, -0.2) is 39.1 Å². The van der Waals surface area contributed by atoms with Crippen LogP contribution < -0.4 is 15.1 Å². The Balaban J connectivity index is 2.08. The Morgan fingerprint density at radius 2 is 2.00 bits per heavy atom. The first-order valence-corrected chi connectivity index (χ1v) is 7.45. The smallest absolute Gasteiger partial charge is 0.244 e. The summed E-state index contributed by atoms with van der Waals surface area (Å²) in [6.45, 7) is 3.85. The molecule has 1 aromatic rings. The molecule has 1 unspecified atom stereocenters. The molecular weight excluding hydrogens is 250 g/mol. The Morgan fingerprint density at radius 3 is 2.60 bits per heavy atom. The molecule has 1 amide bonds. The SMILES string of the molecule is CCCNC1CCCN(c2ccc(N(C)C)cc2)C1=O. The zero-order valence-electron chi connectivity index (χ0n) is 12.7. The third-order valence-electron chi connectivity index (χ3n) is 3.76. The summed E-state index contributed by atoms with van der Waals surface area (Å²) in [6.07, 6.45) is 3.06. The normalized spacial score (nSPS) is 19.2. The van der Waals surface area contributed by atoms with Crippen molar-refractivity contribution in [1.82, 2.24) is 5.32 Å². The highest BCUT2D eigenvalue weighted by molar-refractivity contribution is 5.98. The summed E-state index contributed by atoms with van der Waals surface area (Å²) in [5.74, 6) is 0.210. The van der Waals surface area contributed by atoms with Gasteiger partial charge in [0, 0.05) is 32.0 Å². The van der Waals surface area contributed by atoms with E-state index in [0.29, 0.717) is 0 Å². The van der Waals surface area contributed by atoms with Crippen LogP contribution in [0.15, 0.2) is 24.3 Å². The predicted molar refractivity (Wildman–Crippen MR) is 84.4 cm³/mol. The van der Waals surface area contributed by atoms with Gasteiger partial charge >= 0.3 is 0 Å². The van der Waals surface area contributed by atoms with Crippen molar-refractivity contribution in [2.45, 2.75) is 32.2 Å². The molecule has 1 N–H and O–H groups in total. The van der Waals surface area contributed by atoms with Crippen LogP contribution >= 0.6 is 0 Å². The highest BCUT2D eigenvalue weighted by Gasteiger charge is 2.28. The van der Waals surface area contributed by atoms with Crippen molar-refractivity contribution in [3.8, 4) is 0 Å². The van der Waals surface area contributed by atoms with E-state index in [1.165, 1.54) is 0 Å². The molecule has 1 atom stereocenters. The van der Waals surface area contributed by atoms with Crippen molar-refractivity contribution < 1.29 is 4.79 Å². The van der Waals surface area contributed by atoms with Crippen LogP contribution in [-0.2, 0) is 4.79 Å². The molecule has 4 heteroatoms. The molecular formula is C16H25N3O. The number of carbonyl (C=O) groups excluding carboxylic acids is 1. The molecule has 20 heavy (non-hydrogen) atoms. The van der Waals surface area contributed by atoms with Gasteiger partial charge in [0.2, 0.25) is 5.91 Å². The summed E-state index contributed by atoms with van der Waals surface area (Å²) in [6, 6.07) is 8.18. The van der Waals surface area contributed by atoms with E-state index < -0.39 is 0 Å². The van der Waals surface area contributed by atoms with Crippen molar-refractivity contribution in [3.05, 3.63) is 24.3 Å². The second-order valence-electron chi connectivity index (χ2n) is 5.55. The lowest BCUT2D eigenvalue weighted by Gasteiger charge is -2.33. The van der Waals surface area contributed by atoms with Crippen molar-refractivity contribution in [2.75, 3.05) is 37.0 Å².